The Labute approximate surface area is 143 Å². The SMILES string of the molecule is CCS(=O)(=O)CCN1Cc2ccnn2[C@@H](CNS(=O)(=O)C2CC2)C1. The Kier molecular flexibility index (Phi) is 5.01. The summed E-state index contributed by atoms with van der Waals surface area (Å²) in [4.78, 5) is 2.06. The Balaban J connectivity index is 1.65. The molecule has 8 nitrogen and oxygen atoms in total. The summed E-state index contributed by atoms with van der Waals surface area (Å²) in [5, 5.41) is 4.05. The quantitative estimate of drug-likeness (QED) is 0.672. The third-order valence-electron chi connectivity index (χ3n) is 4.59. The molecule has 1 saturated carbocycles. The first-order valence-electron chi connectivity index (χ1n) is 8.24. The molecule has 1 fully saturated rings. The highest BCUT2D eigenvalue weighted by atomic mass is 32.2. The van der Waals surface area contributed by atoms with Gasteiger partial charge in [0.1, 0.15) is 0 Å². The molecule has 1 aliphatic heterocycles. The molecule has 1 aliphatic carbocycles. The van der Waals surface area contributed by atoms with Crippen LogP contribution >= 0.6 is 0 Å². The van der Waals surface area contributed by atoms with Crippen LogP contribution in [0.1, 0.15) is 31.5 Å². The second-order valence-electron chi connectivity index (χ2n) is 6.49. The lowest BCUT2D eigenvalue weighted by Crippen LogP contribution is -2.44. The fourth-order valence-corrected chi connectivity index (χ4v) is 5.15. The van der Waals surface area contributed by atoms with Crippen molar-refractivity contribution in [3.63, 3.8) is 0 Å². The van der Waals surface area contributed by atoms with E-state index < -0.39 is 19.9 Å². The number of fused-ring (bicyclic) bond motifs is 1. The molecule has 0 radical (unpaired) electrons. The Morgan fingerprint density at radius 3 is 2.71 bits per heavy atom. The number of sulfone groups is 1. The monoisotopic (exact) mass is 376 g/mol. The van der Waals surface area contributed by atoms with Gasteiger partial charge in [-0.1, -0.05) is 6.92 Å². The number of aromatic nitrogens is 2. The highest BCUT2D eigenvalue weighted by molar-refractivity contribution is 7.91. The fraction of sp³-hybridized carbons (Fsp3) is 0.786. The molecule has 0 aromatic carbocycles. The molecule has 2 aliphatic rings. The first kappa shape index (κ1) is 17.8. The largest absolute Gasteiger partial charge is 0.294 e. The van der Waals surface area contributed by atoms with Crippen molar-refractivity contribution in [1.29, 1.82) is 0 Å². The van der Waals surface area contributed by atoms with Gasteiger partial charge >= 0.3 is 0 Å². The Morgan fingerprint density at radius 1 is 1.29 bits per heavy atom. The van der Waals surface area contributed by atoms with E-state index in [9.17, 15) is 16.8 Å². The van der Waals surface area contributed by atoms with E-state index in [4.69, 9.17) is 0 Å². The van der Waals surface area contributed by atoms with Crippen LogP contribution < -0.4 is 4.72 Å². The Morgan fingerprint density at radius 2 is 2.04 bits per heavy atom. The molecule has 10 heteroatoms. The summed E-state index contributed by atoms with van der Waals surface area (Å²) in [5.41, 5.74) is 0.978. The molecule has 1 N–H and O–H groups in total. The van der Waals surface area contributed by atoms with E-state index >= 15 is 0 Å². The summed E-state index contributed by atoms with van der Waals surface area (Å²) < 4.78 is 52.0. The number of rotatable bonds is 8. The van der Waals surface area contributed by atoms with Gasteiger partial charge in [-0.3, -0.25) is 9.58 Å². The smallest absolute Gasteiger partial charge is 0.214 e. The number of nitrogens with one attached hydrogen (secondary N) is 1. The molecular weight excluding hydrogens is 352 g/mol. The van der Waals surface area contributed by atoms with Crippen molar-refractivity contribution in [2.45, 2.75) is 37.6 Å². The van der Waals surface area contributed by atoms with Crippen LogP contribution in [0.4, 0.5) is 0 Å². The van der Waals surface area contributed by atoms with Crippen LogP contribution in [-0.4, -0.2) is 67.9 Å². The molecule has 0 unspecified atom stereocenters. The summed E-state index contributed by atoms with van der Waals surface area (Å²) in [6.45, 7) is 3.60. The normalized spacial score (nSPS) is 22.5. The third-order valence-corrected chi connectivity index (χ3v) is 8.20. The van der Waals surface area contributed by atoms with E-state index in [0.717, 1.165) is 18.5 Å². The first-order valence-corrected chi connectivity index (χ1v) is 11.6. The molecule has 2 heterocycles. The number of sulfonamides is 1. The minimum Gasteiger partial charge on any atom is -0.294 e. The molecule has 0 amide bonds. The van der Waals surface area contributed by atoms with Crippen LogP contribution in [0, 0.1) is 0 Å². The molecule has 1 aromatic heterocycles. The average Bonchev–Trinajstić information content (AvgIpc) is 3.30. The summed E-state index contributed by atoms with van der Waals surface area (Å²) in [6, 6.07) is 1.77. The third kappa shape index (κ3) is 4.16. The minimum absolute atomic E-state index is 0.123. The van der Waals surface area contributed by atoms with Gasteiger partial charge in [0.2, 0.25) is 10.0 Å². The standard InChI is InChI=1S/C14H24N4O4S2/c1-2-23(19,20)8-7-17-10-12-5-6-15-18(12)13(11-17)9-16-24(21,22)14-3-4-14/h5-6,13-14,16H,2-4,7-11H2,1H3/t13-/m0/s1. The predicted octanol–water partition coefficient (Wildman–Crippen LogP) is -0.244. The van der Waals surface area contributed by atoms with Crippen LogP contribution in [0.15, 0.2) is 12.3 Å². The Hall–Kier alpha value is -0.970. The molecule has 24 heavy (non-hydrogen) atoms. The van der Waals surface area contributed by atoms with Gasteiger partial charge in [0.15, 0.2) is 9.84 Å². The minimum atomic E-state index is -3.23. The van der Waals surface area contributed by atoms with Gasteiger partial charge in [-0.25, -0.2) is 21.6 Å². The van der Waals surface area contributed by atoms with Crippen LogP contribution in [0.5, 0.6) is 0 Å². The van der Waals surface area contributed by atoms with Crippen molar-refractivity contribution in [3.05, 3.63) is 18.0 Å². The summed E-state index contributed by atoms with van der Waals surface area (Å²) in [7, 11) is -6.25. The van der Waals surface area contributed by atoms with Gasteiger partial charge in [-0.05, 0) is 18.9 Å². The van der Waals surface area contributed by atoms with Crippen molar-refractivity contribution in [3.8, 4) is 0 Å². The van der Waals surface area contributed by atoms with Crippen molar-refractivity contribution in [2.75, 3.05) is 31.1 Å². The molecular formula is C14H24N4O4S2. The molecule has 3 rings (SSSR count). The van der Waals surface area contributed by atoms with Crippen molar-refractivity contribution < 1.29 is 16.8 Å². The molecule has 136 valence electrons. The van der Waals surface area contributed by atoms with E-state index in [1.807, 2.05) is 10.7 Å². The summed E-state index contributed by atoms with van der Waals surface area (Å²) >= 11 is 0. The first-order chi connectivity index (χ1) is 11.3. The van der Waals surface area contributed by atoms with Crippen molar-refractivity contribution in [2.24, 2.45) is 0 Å². The molecule has 1 aromatic rings. The van der Waals surface area contributed by atoms with Gasteiger partial charge in [0.05, 0.1) is 22.7 Å². The van der Waals surface area contributed by atoms with Crippen molar-refractivity contribution in [1.82, 2.24) is 19.4 Å². The van der Waals surface area contributed by atoms with Gasteiger partial charge in [0, 0.05) is 38.1 Å². The maximum Gasteiger partial charge on any atom is 0.214 e. The van der Waals surface area contributed by atoms with E-state index in [-0.39, 0.29) is 29.3 Å². The van der Waals surface area contributed by atoms with Crippen LogP contribution in [-0.2, 0) is 26.4 Å². The highest BCUT2D eigenvalue weighted by Crippen LogP contribution is 2.28. The second kappa shape index (κ2) is 6.74. The zero-order chi connectivity index (χ0) is 17.4. The fourth-order valence-electron chi connectivity index (χ4n) is 2.91. The maximum absolute atomic E-state index is 12.0. The van der Waals surface area contributed by atoms with Gasteiger partial charge in [-0.15, -0.1) is 0 Å². The zero-order valence-corrected chi connectivity index (χ0v) is 15.4. The maximum atomic E-state index is 12.0. The lowest BCUT2D eigenvalue weighted by atomic mass is 10.2. The lowest BCUT2D eigenvalue weighted by Gasteiger charge is -2.33. The predicted molar refractivity (Wildman–Crippen MR) is 90.8 cm³/mol. The summed E-state index contributed by atoms with van der Waals surface area (Å²) in [5.74, 6) is 0.265. The highest BCUT2D eigenvalue weighted by Gasteiger charge is 2.36. The number of hydrogen-bond donors (Lipinski definition) is 1. The van der Waals surface area contributed by atoms with Crippen LogP contribution in [0.2, 0.25) is 0 Å². The number of hydrogen-bond acceptors (Lipinski definition) is 6. The van der Waals surface area contributed by atoms with E-state index in [1.165, 1.54) is 0 Å². The van der Waals surface area contributed by atoms with Gasteiger partial charge in [0.25, 0.3) is 0 Å². The zero-order valence-electron chi connectivity index (χ0n) is 13.8. The average molecular weight is 377 g/mol. The second-order valence-corrected chi connectivity index (χ2v) is 11.0. The van der Waals surface area contributed by atoms with E-state index in [2.05, 4.69) is 14.7 Å². The summed E-state index contributed by atoms with van der Waals surface area (Å²) in [6.07, 6.45) is 3.16. The van der Waals surface area contributed by atoms with E-state index in [0.29, 0.717) is 19.6 Å². The lowest BCUT2D eigenvalue weighted by molar-refractivity contribution is 0.184. The van der Waals surface area contributed by atoms with Gasteiger partial charge in [-0.2, -0.15) is 5.10 Å². The number of nitrogens with zero attached hydrogens (tertiary/aromatic N) is 3. The van der Waals surface area contributed by atoms with E-state index in [1.54, 1.807) is 13.1 Å². The Bertz CT molecular complexity index is 783. The molecule has 0 spiro atoms. The van der Waals surface area contributed by atoms with Crippen LogP contribution in [0.3, 0.4) is 0 Å². The molecule has 1 atom stereocenters. The van der Waals surface area contributed by atoms with Gasteiger partial charge < -0.3 is 0 Å². The molecule has 0 bridgehead atoms. The molecule has 0 saturated heterocycles. The van der Waals surface area contributed by atoms with Crippen LogP contribution in [0.25, 0.3) is 0 Å². The van der Waals surface area contributed by atoms with Crippen molar-refractivity contribution >= 4 is 19.9 Å². The topological polar surface area (TPSA) is 101 Å².